The first-order chi connectivity index (χ1) is 4.63. The third-order valence-electron chi connectivity index (χ3n) is 1.71. The van der Waals surface area contributed by atoms with Crippen molar-refractivity contribution < 1.29 is 5.21 Å². The van der Waals surface area contributed by atoms with E-state index in [1.807, 2.05) is 6.92 Å². The van der Waals surface area contributed by atoms with Crippen molar-refractivity contribution in [3.05, 3.63) is 22.4 Å². The molecule has 0 bridgehead atoms. The van der Waals surface area contributed by atoms with E-state index in [9.17, 15) is 5.21 Å². The molecular formula is C7H9ClNO. The number of allylic oxidation sites excluding steroid dienone is 3. The number of hydrogen-bond donors (Lipinski definition) is 0. The summed E-state index contributed by atoms with van der Waals surface area (Å²) in [6, 6.07) is 0. The van der Waals surface area contributed by atoms with E-state index in [1.165, 1.54) is 0 Å². The highest BCUT2D eigenvalue weighted by Crippen LogP contribution is 2.23. The molecule has 0 saturated heterocycles. The number of rotatable bonds is 0. The number of halogens is 1. The van der Waals surface area contributed by atoms with Crippen LogP contribution in [0.4, 0.5) is 0 Å². The molecule has 0 saturated carbocycles. The van der Waals surface area contributed by atoms with Crippen LogP contribution >= 0.6 is 11.6 Å². The molecule has 0 atom stereocenters. The number of nitrogens with zero attached hydrogens (tertiary/aromatic N) is 1. The summed E-state index contributed by atoms with van der Waals surface area (Å²) >= 11 is 5.76. The zero-order chi connectivity index (χ0) is 7.72. The van der Waals surface area contributed by atoms with Crippen molar-refractivity contribution >= 4 is 11.6 Å². The molecule has 0 aromatic rings. The van der Waals surface area contributed by atoms with Crippen LogP contribution in [-0.2, 0) is 5.21 Å². The van der Waals surface area contributed by atoms with Crippen LogP contribution in [0.1, 0.15) is 13.8 Å². The van der Waals surface area contributed by atoms with Gasteiger partial charge in [0, 0.05) is 10.7 Å². The molecule has 1 rings (SSSR count). The predicted octanol–water partition coefficient (Wildman–Crippen LogP) is 2.06. The first-order valence-electron chi connectivity index (χ1n) is 3.11. The van der Waals surface area contributed by atoms with Crippen molar-refractivity contribution in [2.45, 2.75) is 13.8 Å². The molecule has 0 spiro atoms. The van der Waals surface area contributed by atoms with Crippen LogP contribution < -0.4 is 0 Å². The first kappa shape index (κ1) is 7.63. The average molecular weight is 159 g/mol. The van der Waals surface area contributed by atoms with Crippen LogP contribution in [0, 0.1) is 0 Å². The van der Waals surface area contributed by atoms with Crippen molar-refractivity contribution in [3.63, 3.8) is 0 Å². The SMILES string of the molecule is CC1=C(C)N([O])CC=C1Cl. The number of hydrogen-bond acceptors (Lipinski definition) is 1. The Morgan fingerprint density at radius 3 is 2.70 bits per heavy atom. The summed E-state index contributed by atoms with van der Waals surface area (Å²) in [5.41, 5.74) is 1.59. The maximum atomic E-state index is 10.9. The Hall–Kier alpha value is -0.470. The molecule has 0 aliphatic carbocycles. The van der Waals surface area contributed by atoms with Gasteiger partial charge in [-0.1, -0.05) is 16.8 Å². The summed E-state index contributed by atoms with van der Waals surface area (Å²) < 4.78 is 0. The monoisotopic (exact) mass is 158 g/mol. The summed E-state index contributed by atoms with van der Waals surface area (Å²) in [6.07, 6.45) is 1.72. The van der Waals surface area contributed by atoms with E-state index in [2.05, 4.69) is 0 Å². The Kier molecular flexibility index (Phi) is 2.02. The molecule has 0 amide bonds. The van der Waals surface area contributed by atoms with Gasteiger partial charge in [-0.2, -0.15) is 0 Å². The van der Waals surface area contributed by atoms with Crippen LogP contribution in [-0.4, -0.2) is 11.6 Å². The fraction of sp³-hybridized carbons (Fsp3) is 0.429. The highest BCUT2D eigenvalue weighted by molar-refractivity contribution is 6.32. The summed E-state index contributed by atoms with van der Waals surface area (Å²) in [5, 5.41) is 12.5. The lowest BCUT2D eigenvalue weighted by Crippen LogP contribution is -2.19. The van der Waals surface area contributed by atoms with Crippen LogP contribution in [0.25, 0.3) is 0 Å². The van der Waals surface area contributed by atoms with Gasteiger partial charge in [-0.15, -0.1) is 0 Å². The molecule has 2 nitrogen and oxygen atoms in total. The average Bonchev–Trinajstić information content (AvgIpc) is 1.93. The Morgan fingerprint density at radius 1 is 1.60 bits per heavy atom. The van der Waals surface area contributed by atoms with E-state index in [0.717, 1.165) is 10.6 Å². The summed E-state index contributed by atoms with van der Waals surface area (Å²) in [7, 11) is 0. The standard InChI is InChI=1S/C7H9ClNO/c1-5-6(2)9(10)4-3-7(5)8/h3H,4H2,1-2H3. The van der Waals surface area contributed by atoms with Gasteiger partial charge in [-0.05, 0) is 25.5 Å². The van der Waals surface area contributed by atoms with E-state index >= 15 is 0 Å². The minimum Gasteiger partial charge on any atom is -0.221 e. The molecule has 55 valence electrons. The maximum absolute atomic E-state index is 10.9. The molecule has 1 aliphatic heterocycles. The summed E-state index contributed by atoms with van der Waals surface area (Å²) in [4.78, 5) is 0. The molecule has 1 aliphatic rings. The number of hydroxylamine groups is 2. The van der Waals surface area contributed by atoms with Gasteiger partial charge in [0.25, 0.3) is 0 Å². The predicted molar refractivity (Wildman–Crippen MR) is 39.7 cm³/mol. The fourth-order valence-corrected chi connectivity index (χ4v) is 1.02. The Labute approximate surface area is 65.4 Å². The molecular weight excluding hydrogens is 150 g/mol. The largest absolute Gasteiger partial charge is 0.221 e. The van der Waals surface area contributed by atoms with Crippen molar-refractivity contribution in [2.24, 2.45) is 0 Å². The van der Waals surface area contributed by atoms with Gasteiger partial charge >= 0.3 is 0 Å². The lowest BCUT2D eigenvalue weighted by Gasteiger charge is -2.19. The second-order valence-corrected chi connectivity index (χ2v) is 2.73. The first-order valence-corrected chi connectivity index (χ1v) is 3.49. The van der Waals surface area contributed by atoms with E-state index in [0.29, 0.717) is 17.3 Å². The van der Waals surface area contributed by atoms with Gasteiger partial charge in [0.2, 0.25) is 0 Å². The van der Waals surface area contributed by atoms with Gasteiger partial charge in [-0.3, -0.25) is 0 Å². The van der Waals surface area contributed by atoms with E-state index in [1.54, 1.807) is 13.0 Å². The fourth-order valence-electron chi connectivity index (χ4n) is 0.813. The van der Waals surface area contributed by atoms with Gasteiger partial charge in [0.15, 0.2) is 0 Å². The molecule has 0 aromatic carbocycles. The quantitative estimate of drug-likeness (QED) is 0.529. The Bertz CT molecular complexity index is 208. The molecule has 1 heterocycles. The second kappa shape index (κ2) is 2.64. The lowest BCUT2D eigenvalue weighted by molar-refractivity contribution is -0.118. The Morgan fingerprint density at radius 2 is 2.20 bits per heavy atom. The third kappa shape index (κ3) is 1.18. The van der Waals surface area contributed by atoms with Crippen molar-refractivity contribution in [1.82, 2.24) is 5.06 Å². The zero-order valence-electron chi connectivity index (χ0n) is 6.02. The topological polar surface area (TPSA) is 23.1 Å². The van der Waals surface area contributed by atoms with Crippen LogP contribution in [0.5, 0.6) is 0 Å². The van der Waals surface area contributed by atoms with Crippen LogP contribution in [0.15, 0.2) is 22.4 Å². The molecule has 3 heteroatoms. The smallest absolute Gasteiger partial charge is 0.0681 e. The summed E-state index contributed by atoms with van der Waals surface area (Å²) in [6.45, 7) is 4.00. The van der Waals surface area contributed by atoms with Gasteiger partial charge in [-0.25, -0.2) is 5.06 Å². The minimum atomic E-state index is 0.377. The zero-order valence-corrected chi connectivity index (χ0v) is 6.77. The third-order valence-corrected chi connectivity index (χ3v) is 2.15. The van der Waals surface area contributed by atoms with Gasteiger partial charge in [0.05, 0.1) is 6.54 Å². The highest BCUT2D eigenvalue weighted by Gasteiger charge is 2.12. The molecule has 0 unspecified atom stereocenters. The van der Waals surface area contributed by atoms with Crippen molar-refractivity contribution in [3.8, 4) is 0 Å². The molecule has 0 fully saturated rings. The summed E-state index contributed by atoms with van der Waals surface area (Å²) in [5.74, 6) is 0. The van der Waals surface area contributed by atoms with Gasteiger partial charge in [0.1, 0.15) is 0 Å². The van der Waals surface area contributed by atoms with Crippen molar-refractivity contribution in [2.75, 3.05) is 6.54 Å². The second-order valence-electron chi connectivity index (χ2n) is 2.32. The maximum Gasteiger partial charge on any atom is 0.0681 e. The van der Waals surface area contributed by atoms with Crippen LogP contribution in [0.2, 0.25) is 0 Å². The van der Waals surface area contributed by atoms with Gasteiger partial charge < -0.3 is 0 Å². The van der Waals surface area contributed by atoms with E-state index < -0.39 is 0 Å². The molecule has 0 aromatic heterocycles. The lowest BCUT2D eigenvalue weighted by atomic mass is 10.2. The Balaban J connectivity index is 2.94. The van der Waals surface area contributed by atoms with E-state index in [4.69, 9.17) is 11.6 Å². The van der Waals surface area contributed by atoms with Crippen molar-refractivity contribution in [1.29, 1.82) is 0 Å². The van der Waals surface area contributed by atoms with Crippen LogP contribution in [0.3, 0.4) is 0 Å². The highest BCUT2D eigenvalue weighted by atomic mass is 35.5. The molecule has 0 N–H and O–H groups in total. The normalized spacial score (nSPS) is 19.6. The minimum absolute atomic E-state index is 0.377. The molecule has 1 radical (unpaired) electrons. The van der Waals surface area contributed by atoms with E-state index in [-0.39, 0.29) is 0 Å². The molecule has 10 heavy (non-hydrogen) atoms.